The fraction of sp³-hybridized carbons (Fsp3) is 0.118. The van der Waals surface area contributed by atoms with Crippen LogP contribution in [0.15, 0.2) is 60.8 Å². The van der Waals surface area contributed by atoms with Crippen molar-refractivity contribution in [3.05, 3.63) is 66.4 Å². The van der Waals surface area contributed by atoms with Crippen LogP contribution in [0.5, 0.6) is 0 Å². The maximum atomic E-state index is 12.4. The minimum absolute atomic E-state index is 0.0846. The number of hydrogen-bond acceptors (Lipinski definition) is 2. The molecule has 4 nitrogen and oxygen atoms in total. The third-order valence-corrected chi connectivity index (χ3v) is 3.57. The third kappa shape index (κ3) is 2.80. The van der Waals surface area contributed by atoms with E-state index in [1.54, 1.807) is 0 Å². The number of benzene rings is 2. The summed E-state index contributed by atoms with van der Waals surface area (Å²) in [7, 11) is 0. The molecule has 0 saturated heterocycles. The number of amides is 1. The summed E-state index contributed by atoms with van der Waals surface area (Å²) in [5.74, 6) is -0.424. The largest absolute Gasteiger partial charge is 0.361 e. The summed E-state index contributed by atoms with van der Waals surface area (Å²) in [6, 6.07) is 17.4. The number of carbonyl (C=O) groups is 1. The van der Waals surface area contributed by atoms with Crippen LogP contribution in [-0.2, 0) is 4.79 Å². The van der Waals surface area contributed by atoms with Gasteiger partial charge in [-0.2, -0.15) is 0 Å². The zero-order chi connectivity index (χ0) is 14.7. The van der Waals surface area contributed by atoms with E-state index < -0.39 is 0 Å². The van der Waals surface area contributed by atoms with Gasteiger partial charge in [-0.1, -0.05) is 30.3 Å². The van der Waals surface area contributed by atoms with Crippen molar-refractivity contribution in [3.8, 4) is 0 Å². The third-order valence-electron chi connectivity index (χ3n) is 3.57. The predicted octanol–water partition coefficient (Wildman–Crippen LogP) is 2.85. The monoisotopic (exact) mass is 279 g/mol. The lowest BCUT2D eigenvalue weighted by Gasteiger charge is -2.15. The maximum absolute atomic E-state index is 12.4. The molecule has 2 aromatic carbocycles. The highest BCUT2D eigenvalue weighted by atomic mass is 16.1. The number of fused-ring (bicyclic) bond motifs is 1. The van der Waals surface area contributed by atoms with Crippen molar-refractivity contribution in [1.29, 1.82) is 0 Å². The fourth-order valence-electron chi connectivity index (χ4n) is 2.44. The van der Waals surface area contributed by atoms with Crippen molar-refractivity contribution in [1.82, 2.24) is 4.98 Å². The fourth-order valence-corrected chi connectivity index (χ4v) is 2.44. The summed E-state index contributed by atoms with van der Waals surface area (Å²) < 4.78 is 0. The van der Waals surface area contributed by atoms with Gasteiger partial charge >= 0.3 is 0 Å². The Kier molecular flexibility index (Phi) is 3.71. The number of rotatable bonds is 4. The average molecular weight is 279 g/mol. The van der Waals surface area contributed by atoms with Crippen LogP contribution in [0.3, 0.4) is 0 Å². The van der Waals surface area contributed by atoms with E-state index in [2.05, 4.69) is 10.3 Å². The first-order valence-corrected chi connectivity index (χ1v) is 6.91. The van der Waals surface area contributed by atoms with E-state index in [1.807, 2.05) is 60.8 Å². The van der Waals surface area contributed by atoms with E-state index in [9.17, 15) is 4.79 Å². The normalized spacial score (nSPS) is 12.2. The minimum Gasteiger partial charge on any atom is -0.361 e. The second kappa shape index (κ2) is 5.81. The molecule has 1 heterocycles. The summed E-state index contributed by atoms with van der Waals surface area (Å²) in [5.41, 5.74) is 8.53. The van der Waals surface area contributed by atoms with E-state index in [-0.39, 0.29) is 18.4 Å². The van der Waals surface area contributed by atoms with Gasteiger partial charge in [0, 0.05) is 29.3 Å². The summed E-state index contributed by atoms with van der Waals surface area (Å²) in [4.78, 5) is 15.5. The molecule has 0 aliphatic rings. The van der Waals surface area contributed by atoms with E-state index in [0.717, 1.165) is 22.2 Å². The highest BCUT2D eigenvalue weighted by Gasteiger charge is 2.18. The van der Waals surface area contributed by atoms with E-state index in [1.165, 1.54) is 0 Å². The molecule has 1 atom stereocenters. The van der Waals surface area contributed by atoms with Gasteiger partial charge in [-0.05, 0) is 29.8 Å². The summed E-state index contributed by atoms with van der Waals surface area (Å²) in [6.07, 6.45) is 1.88. The number of hydrogen-bond donors (Lipinski definition) is 3. The smallest absolute Gasteiger partial charge is 0.233 e. The number of carbonyl (C=O) groups excluding carboxylic acids is 1. The molecule has 106 valence electrons. The van der Waals surface area contributed by atoms with Crippen LogP contribution >= 0.6 is 0 Å². The van der Waals surface area contributed by atoms with E-state index in [0.29, 0.717) is 0 Å². The Morgan fingerprint density at radius 1 is 1.14 bits per heavy atom. The molecule has 0 fully saturated rings. The molecule has 1 amide bonds. The molecule has 0 radical (unpaired) electrons. The molecule has 0 spiro atoms. The Balaban J connectivity index is 1.81. The zero-order valence-corrected chi connectivity index (χ0v) is 11.5. The molecule has 0 bridgehead atoms. The Labute approximate surface area is 123 Å². The van der Waals surface area contributed by atoms with Gasteiger partial charge in [0.05, 0.1) is 5.92 Å². The van der Waals surface area contributed by atoms with Crippen LogP contribution in [0.1, 0.15) is 11.5 Å². The van der Waals surface area contributed by atoms with Crippen LogP contribution in [0.4, 0.5) is 5.69 Å². The van der Waals surface area contributed by atoms with Crippen molar-refractivity contribution < 1.29 is 4.79 Å². The van der Waals surface area contributed by atoms with Gasteiger partial charge in [-0.15, -0.1) is 0 Å². The quantitative estimate of drug-likeness (QED) is 0.687. The van der Waals surface area contributed by atoms with Crippen LogP contribution in [-0.4, -0.2) is 17.4 Å². The van der Waals surface area contributed by atoms with Crippen molar-refractivity contribution in [2.75, 3.05) is 11.9 Å². The Morgan fingerprint density at radius 2 is 1.95 bits per heavy atom. The average Bonchev–Trinajstić information content (AvgIpc) is 2.96. The van der Waals surface area contributed by atoms with Gasteiger partial charge < -0.3 is 16.0 Å². The Hall–Kier alpha value is -2.59. The molecule has 3 rings (SSSR count). The van der Waals surface area contributed by atoms with Crippen LogP contribution in [0, 0.1) is 0 Å². The number of anilines is 1. The standard InChI is InChI=1S/C17H17N3O/c18-11-15(12-4-2-1-3-5-12)17(21)20-14-6-7-16-13(10-14)8-9-19-16/h1-10,15,19H,11,18H2,(H,20,21). The van der Waals surface area contributed by atoms with Crippen LogP contribution < -0.4 is 11.1 Å². The first-order valence-electron chi connectivity index (χ1n) is 6.91. The highest BCUT2D eigenvalue weighted by molar-refractivity contribution is 5.97. The van der Waals surface area contributed by atoms with Gasteiger partial charge in [-0.25, -0.2) is 0 Å². The van der Waals surface area contributed by atoms with Gasteiger partial charge in [0.1, 0.15) is 0 Å². The summed E-state index contributed by atoms with van der Waals surface area (Å²) in [6.45, 7) is 0.280. The minimum atomic E-state index is -0.340. The van der Waals surface area contributed by atoms with E-state index in [4.69, 9.17) is 5.73 Å². The molecule has 21 heavy (non-hydrogen) atoms. The predicted molar refractivity (Wildman–Crippen MR) is 85.2 cm³/mol. The molecule has 4 heteroatoms. The number of nitrogens with two attached hydrogens (primary N) is 1. The van der Waals surface area contributed by atoms with Gasteiger partial charge in [0.15, 0.2) is 0 Å². The van der Waals surface area contributed by atoms with Gasteiger partial charge in [0.25, 0.3) is 0 Å². The first-order chi connectivity index (χ1) is 10.3. The van der Waals surface area contributed by atoms with Gasteiger partial charge in [0.2, 0.25) is 5.91 Å². The Morgan fingerprint density at radius 3 is 2.71 bits per heavy atom. The van der Waals surface area contributed by atoms with Crippen molar-refractivity contribution >= 4 is 22.5 Å². The molecule has 0 aliphatic heterocycles. The highest BCUT2D eigenvalue weighted by Crippen LogP contribution is 2.20. The molecule has 1 aromatic heterocycles. The molecular weight excluding hydrogens is 262 g/mol. The van der Waals surface area contributed by atoms with Crippen molar-refractivity contribution in [3.63, 3.8) is 0 Å². The SMILES string of the molecule is NCC(C(=O)Nc1ccc2[nH]ccc2c1)c1ccccc1. The number of H-pyrrole nitrogens is 1. The van der Waals surface area contributed by atoms with E-state index >= 15 is 0 Å². The molecule has 4 N–H and O–H groups in total. The van der Waals surface area contributed by atoms with Crippen molar-refractivity contribution in [2.24, 2.45) is 5.73 Å². The molecule has 0 saturated carbocycles. The maximum Gasteiger partial charge on any atom is 0.233 e. The second-order valence-corrected chi connectivity index (χ2v) is 4.97. The number of aromatic amines is 1. The summed E-state index contributed by atoms with van der Waals surface area (Å²) in [5, 5.41) is 4.01. The number of nitrogens with one attached hydrogen (secondary N) is 2. The zero-order valence-electron chi connectivity index (χ0n) is 11.5. The molecule has 3 aromatic rings. The van der Waals surface area contributed by atoms with Gasteiger partial charge in [-0.3, -0.25) is 4.79 Å². The number of aromatic nitrogens is 1. The topological polar surface area (TPSA) is 70.9 Å². The first kappa shape index (κ1) is 13.4. The summed E-state index contributed by atoms with van der Waals surface area (Å²) >= 11 is 0. The lowest BCUT2D eigenvalue weighted by atomic mass is 9.98. The molecular formula is C17H17N3O. The van der Waals surface area contributed by atoms with Crippen LogP contribution in [0.25, 0.3) is 10.9 Å². The molecule has 1 unspecified atom stereocenters. The lowest BCUT2D eigenvalue weighted by Crippen LogP contribution is -2.27. The Bertz CT molecular complexity index is 749. The second-order valence-electron chi connectivity index (χ2n) is 4.97. The van der Waals surface area contributed by atoms with Crippen LogP contribution in [0.2, 0.25) is 0 Å². The molecule has 0 aliphatic carbocycles. The van der Waals surface area contributed by atoms with Crippen molar-refractivity contribution in [2.45, 2.75) is 5.92 Å². The lowest BCUT2D eigenvalue weighted by molar-refractivity contribution is -0.117.